The highest BCUT2D eigenvalue weighted by Gasteiger charge is 2.13. The highest BCUT2D eigenvalue weighted by atomic mass is 35.5. The van der Waals surface area contributed by atoms with Crippen LogP contribution in [0.15, 0.2) is 18.3 Å². The average molecular weight is 275 g/mol. The van der Waals surface area contributed by atoms with Crippen molar-refractivity contribution in [2.45, 2.75) is 13.0 Å². The number of pyridine rings is 1. The summed E-state index contributed by atoms with van der Waals surface area (Å²) in [5.41, 5.74) is 11.3. The number of hydrogen-bond acceptors (Lipinski definition) is 5. The summed E-state index contributed by atoms with van der Waals surface area (Å²) in [7, 11) is 0. The maximum absolute atomic E-state index is 5.76. The Hall–Kier alpha value is -1.37. The first-order valence-electron chi connectivity index (χ1n) is 4.68. The van der Waals surface area contributed by atoms with Gasteiger partial charge in [0.1, 0.15) is 0 Å². The Morgan fingerprint density at radius 3 is 2.65 bits per heavy atom. The fraction of sp³-hybridized carbons (Fsp3) is 0.222. The lowest BCUT2D eigenvalue weighted by Crippen LogP contribution is -2.14. The number of nitrogen functional groups attached to an aromatic ring is 1. The summed E-state index contributed by atoms with van der Waals surface area (Å²) in [5, 5.41) is 4.58. The monoisotopic (exact) mass is 274 g/mol. The van der Waals surface area contributed by atoms with Crippen molar-refractivity contribution in [3.8, 4) is 5.82 Å². The Bertz CT molecular complexity index is 493. The number of hydrogen-bond donors (Lipinski definition) is 2. The lowest BCUT2D eigenvalue weighted by atomic mass is 10.3. The van der Waals surface area contributed by atoms with Gasteiger partial charge in [0.05, 0.1) is 11.1 Å². The zero-order valence-corrected chi connectivity index (χ0v) is 10.6. The molecule has 1 atom stereocenters. The smallest absolute Gasteiger partial charge is 0.240 e. The maximum atomic E-state index is 5.76. The van der Waals surface area contributed by atoms with Crippen LogP contribution in [0.4, 0.5) is 5.95 Å². The third kappa shape index (κ3) is 2.85. The van der Waals surface area contributed by atoms with Crippen molar-refractivity contribution in [3.05, 3.63) is 29.2 Å². The van der Waals surface area contributed by atoms with E-state index in [2.05, 4.69) is 15.1 Å². The molecule has 6 nitrogen and oxygen atoms in total. The molecule has 4 N–H and O–H groups in total. The molecule has 0 aliphatic rings. The Morgan fingerprint density at radius 1 is 1.41 bits per heavy atom. The fourth-order valence-corrected chi connectivity index (χ4v) is 1.41. The van der Waals surface area contributed by atoms with Crippen LogP contribution in [-0.4, -0.2) is 19.7 Å². The molecule has 0 saturated heterocycles. The van der Waals surface area contributed by atoms with Crippen LogP contribution >= 0.6 is 24.0 Å². The molecular weight excluding hydrogens is 263 g/mol. The summed E-state index contributed by atoms with van der Waals surface area (Å²) in [6.45, 7) is 1.80. The van der Waals surface area contributed by atoms with Crippen LogP contribution < -0.4 is 11.5 Å². The fourth-order valence-electron chi connectivity index (χ4n) is 1.30. The van der Waals surface area contributed by atoms with Crippen LogP contribution in [0.25, 0.3) is 5.82 Å². The first-order chi connectivity index (χ1) is 7.58. The van der Waals surface area contributed by atoms with Gasteiger partial charge in [0, 0.05) is 6.20 Å². The predicted molar refractivity (Wildman–Crippen MR) is 68.4 cm³/mol. The zero-order valence-electron chi connectivity index (χ0n) is 9.04. The average Bonchev–Trinajstić information content (AvgIpc) is 2.61. The predicted octanol–water partition coefficient (Wildman–Crippen LogP) is 1.34. The molecule has 2 heterocycles. The second-order valence-corrected chi connectivity index (χ2v) is 3.80. The van der Waals surface area contributed by atoms with Gasteiger partial charge in [-0.05, 0) is 19.1 Å². The zero-order chi connectivity index (χ0) is 11.7. The van der Waals surface area contributed by atoms with Crippen molar-refractivity contribution in [1.82, 2.24) is 19.7 Å². The summed E-state index contributed by atoms with van der Waals surface area (Å²) in [6, 6.07) is 3.16. The Balaban J connectivity index is 0.00000144. The molecular formula is C9H12Cl2N6. The first-order valence-corrected chi connectivity index (χ1v) is 5.05. The minimum Gasteiger partial charge on any atom is -0.366 e. The first kappa shape index (κ1) is 13.7. The van der Waals surface area contributed by atoms with E-state index in [1.807, 2.05) is 0 Å². The van der Waals surface area contributed by atoms with Gasteiger partial charge in [-0.3, -0.25) is 0 Å². The summed E-state index contributed by atoms with van der Waals surface area (Å²) < 4.78 is 1.51. The quantitative estimate of drug-likeness (QED) is 0.862. The molecule has 1 unspecified atom stereocenters. The number of nitrogens with zero attached hydrogens (tertiary/aromatic N) is 4. The molecule has 0 bridgehead atoms. The van der Waals surface area contributed by atoms with Gasteiger partial charge >= 0.3 is 0 Å². The number of nitrogens with two attached hydrogens (primary N) is 2. The molecule has 2 aromatic rings. The van der Waals surface area contributed by atoms with Crippen LogP contribution in [0.1, 0.15) is 18.8 Å². The molecule has 0 amide bonds. The van der Waals surface area contributed by atoms with Gasteiger partial charge in [-0.25, -0.2) is 4.98 Å². The van der Waals surface area contributed by atoms with E-state index in [0.29, 0.717) is 16.7 Å². The highest BCUT2D eigenvalue weighted by molar-refractivity contribution is 6.30. The third-order valence-electron chi connectivity index (χ3n) is 1.98. The van der Waals surface area contributed by atoms with Gasteiger partial charge in [0.15, 0.2) is 11.6 Å². The van der Waals surface area contributed by atoms with E-state index in [1.54, 1.807) is 19.1 Å². The number of aromatic nitrogens is 4. The van der Waals surface area contributed by atoms with Crippen molar-refractivity contribution >= 4 is 30.0 Å². The molecule has 0 aliphatic heterocycles. The van der Waals surface area contributed by atoms with Crippen molar-refractivity contribution < 1.29 is 0 Å². The van der Waals surface area contributed by atoms with Crippen molar-refractivity contribution in [1.29, 1.82) is 0 Å². The van der Waals surface area contributed by atoms with Gasteiger partial charge in [0.2, 0.25) is 5.95 Å². The van der Waals surface area contributed by atoms with E-state index in [1.165, 1.54) is 10.9 Å². The normalized spacial score (nSPS) is 11.9. The molecule has 0 radical (unpaired) electrons. The van der Waals surface area contributed by atoms with E-state index in [4.69, 9.17) is 23.1 Å². The second-order valence-electron chi connectivity index (χ2n) is 3.36. The van der Waals surface area contributed by atoms with Crippen molar-refractivity contribution in [2.75, 3.05) is 5.73 Å². The molecule has 0 aromatic carbocycles. The molecule has 0 saturated carbocycles. The van der Waals surface area contributed by atoms with Gasteiger partial charge in [-0.2, -0.15) is 9.67 Å². The summed E-state index contributed by atoms with van der Waals surface area (Å²) in [6.07, 6.45) is 1.53. The van der Waals surface area contributed by atoms with Crippen LogP contribution in [0.2, 0.25) is 5.02 Å². The standard InChI is InChI=1S/C9H11ClN6.ClH/c1-5(11)8-14-9(12)15-16(8)7-3-2-6(10)4-13-7;/h2-5H,11H2,1H3,(H2,12,15);1H. The van der Waals surface area contributed by atoms with Crippen molar-refractivity contribution in [2.24, 2.45) is 5.73 Å². The summed E-state index contributed by atoms with van der Waals surface area (Å²) in [4.78, 5) is 8.16. The van der Waals surface area contributed by atoms with Gasteiger partial charge in [0.25, 0.3) is 0 Å². The van der Waals surface area contributed by atoms with Gasteiger partial charge in [-0.1, -0.05) is 11.6 Å². The minimum absolute atomic E-state index is 0. The lowest BCUT2D eigenvalue weighted by molar-refractivity contribution is 0.681. The largest absolute Gasteiger partial charge is 0.366 e. The topological polar surface area (TPSA) is 95.6 Å². The molecule has 92 valence electrons. The van der Waals surface area contributed by atoms with Crippen LogP contribution in [0, 0.1) is 0 Å². The van der Waals surface area contributed by atoms with Crippen molar-refractivity contribution in [3.63, 3.8) is 0 Å². The molecule has 17 heavy (non-hydrogen) atoms. The Kier molecular flexibility index (Phi) is 4.28. The van der Waals surface area contributed by atoms with Crippen LogP contribution in [0.5, 0.6) is 0 Å². The number of anilines is 1. The second kappa shape index (κ2) is 5.31. The van der Waals surface area contributed by atoms with E-state index >= 15 is 0 Å². The van der Waals surface area contributed by atoms with E-state index in [9.17, 15) is 0 Å². The molecule has 2 rings (SSSR count). The Morgan fingerprint density at radius 2 is 2.12 bits per heavy atom. The summed E-state index contributed by atoms with van der Waals surface area (Å²) >= 11 is 5.75. The highest BCUT2D eigenvalue weighted by Crippen LogP contribution is 2.15. The Labute approximate surface area is 109 Å². The molecule has 0 aliphatic carbocycles. The van der Waals surface area contributed by atoms with Gasteiger partial charge < -0.3 is 11.5 Å². The van der Waals surface area contributed by atoms with Crippen LogP contribution in [-0.2, 0) is 0 Å². The van der Waals surface area contributed by atoms with E-state index in [0.717, 1.165) is 0 Å². The van der Waals surface area contributed by atoms with E-state index in [-0.39, 0.29) is 24.4 Å². The number of halogens is 2. The van der Waals surface area contributed by atoms with Crippen LogP contribution in [0.3, 0.4) is 0 Å². The molecule has 2 aromatic heterocycles. The minimum atomic E-state index is -0.276. The SMILES string of the molecule is CC(N)c1nc(N)nn1-c1ccc(Cl)cn1.Cl. The summed E-state index contributed by atoms with van der Waals surface area (Å²) in [5.74, 6) is 1.32. The molecule has 0 spiro atoms. The van der Waals surface area contributed by atoms with Gasteiger partial charge in [-0.15, -0.1) is 17.5 Å². The lowest BCUT2D eigenvalue weighted by Gasteiger charge is -2.06. The van der Waals surface area contributed by atoms with E-state index < -0.39 is 0 Å². The molecule has 8 heteroatoms. The number of rotatable bonds is 2. The molecule has 0 fully saturated rings. The maximum Gasteiger partial charge on any atom is 0.240 e. The third-order valence-corrected chi connectivity index (χ3v) is 2.21.